The van der Waals surface area contributed by atoms with E-state index in [0.29, 0.717) is 28.0 Å². The summed E-state index contributed by atoms with van der Waals surface area (Å²) in [4.78, 5) is 30.5. The number of H-pyrrole nitrogens is 1. The standard InChI is InChI=1S/C18H16ClFN4O3/c1-9(22-16-7-11(3-4-21-16)23-18(26)27-2)12-5-10-6-13(19)14(20)8-15(10)24-17(12)25/h3-9H,1-2H3,(H,24,25)(H2,21,22,23,26). The molecule has 3 rings (SSSR count). The summed E-state index contributed by atoms with van der Waals surface area (Å²) >= 11 is 5.82. The maximum Gasteiger partial charge on any atom is 0.411 e. The Bertz CT molecular complexity index is 1070. The molecule has 9 heteroatoms. The van der Waals surface area contributed by atoms with E-state index in [2.05, 4.69) is 25.3 Å². The first-order chi connectivity index (χ1) is 12.9. The highest BCUT2D eigenvalue weighted by Crippen LogP contribution is 2.24. The molecule has 0 aliphatic carbocycles. The minimum atomic E-state index is -0.602. The molecule has 2 heterocycles. The second kappa shape index (κ2) is 7.63. The van der Waals surface area contributed by atoms with Crippen LogP contribution in [0.25, 0.3) is 10.9 Å². The molecule has 3 N–H and O–H groups in total. The van der Waals surface area contributed by atoms with Crippen LogP contribution in [0.4, 0.5) is 20.7 Å². The maximum atomic E-state index is 13.6. The van der Waals surface area contributed by atoms with Crippen LogP contribution >= 0.6 is 11.6 Å². The third-order valence-corrected chi connectivity index (χ3v) is 4.23. The Labute approximate surface area is 158 Å². The van der Waals surface area contributed by atoms with Crippen LogP contribution in [0.2, 0.25) is 5.02 Å². The van der Waals surface area contributed by atoms with Crippen LogP contribution < -0.4 is 16.2 Å². The molecule has 140 valence electrons. The zero-order valence-corrected chi connectivity index (χ0v) is 15.2. The van der Waals surface area contributed by atoms with Crippen molar-refractivity contribution in [1.82, 2.24) is 9.97 Å². The van der Waals surface area contributed by atoms with E-state index in [1.54, 1.807) is 25.1 Å². The largest absolute Gasteiger partial charge is 0.453 e. The van der Waals surface area contributed by atoms with Crippen LogP contribution in [0.1, 0.15) is 18.5 Å². The Hall–Kier alpha value is -3.13. The molecule has 7 nitrogen and oxygen atoms in total. The van der Waals surface area contributed by atoms with Crippen molar-refractivity contribution in [1.29, 1.82) is 0 Å². The first-order valence-electron chi connectivity index (χ1n) is 7.97. The number of halogens is 2. The average molecular weight is 391 g/mol. The van der Waals surface area contributed by atoms with E-state index >= 15 is 0 Å². The van der Waals surface area contributed by atoms with E-state index in [1.807, 2.05) is 0 Å². The van der Waals surface area contributed by atoms with Crippen LogP contribution in [0.15, 0.2) is 41.3 Å². The number of aromatic nitrogens is 2. The first kappa shape index (κ1) is 18.7. The van der Waals surface area contributed by atoms with Crippen molar-refractivity contribution in [2.75, 3.05) is 17.7 Å². The van der Waals surface area contributed by atoms with E-state index in [1.165, 1.54) is 25.4 Å². The Morgan fingerprint density at radius 1 is 1.33 bits per heavy atom. The van der Waals surface area contributed by atoms with E-state index in [0.717, 1.165) is 0 Å². The van der Waals surface area contributed by atoms with Crippen molar-refractivity contribution >= 4 is 40.1 Å². The number of benzene rings is 1. The number of nitrogens with zero attached hydrogens (tertiary/aromatic N) is 1. The van der Waals surface area contributed by atoms with Crippen molar-refractivity contribution in [2.45, 2.75) is 13.0 Å². The molecule has 0 saturated heterocycles. The van der Waals surface area contributed by atoms with Gasteiger partial charge in [0.2, 0.25) is 0 Å². The third kappa shape index (κ3) is 4.17. The topological polar surface area (TPSA) is 96.1 Å². The highest BCUT2D eigenvalue weighted by Gasteiger charge is 2.14. The number of aromatic amines is 1. The van der Waals surface area contributed by atoms with Crippen LogP contribution in [0, 0.1) is 5.82 Å². The smallest absolute Gasteiger partial charge is 0.411 e. The molecular weight excluding hydrogens is 375 g/mol. The van der Waals surface area contributed by atoms with Gasteiger partial charge in [-0.25, -0.2) is 14.2 Å². The molecule has 1 unspecified atom stereocenters. The molecule has 3 aromatic rings. The molecule has 0 radical (unpaired) electrons. The SMILES string of the molecule is COC(=O)Nc1ccnc(NC(C)c2cc3cc(Cl)c(F)cc3[nH]c2=O)c1. The van der Waals surface area contributed by atoms with Gasteiger partial charge in [-0.3, -0.25) is 10.1 Å². The summed E-state index contributed by atoms with van der Waals surface area (Å²) in [6, 6.07) is 7.08. The number of anilines is 2. The number of carbonyl (C=O) groups is 1. The number of methoxy groups -OCH3 is 1. The van der Waals surface area contributed by atoms with Gasteiger partial charge < -0.3 is 15.0 Å². The van der Waals surface area contributed by atoms with E-state index in [9.17, 15) is 14.0 Å². The lowest BCUT2D eigenvalue weighted by atomic mass is 10.1. The van der Waals surface area contributed by atoms with Gasteiger partial charge in [-0.05, 0) is 31.2 Å². The number of carbonyl (C=O) groups excluding carboxylic acids is 1. The first-order valence-corrected chi connectivity index (χ1v) is 8.34. The number of pyridine rings is 2. The summed E-state index contributed by atoms with van der Waals surface area (Å²) < 4.78 is 18.1. The van der Waals surface area contributed by atoms with Crippen molar-refractivity contribution in [3.05, 3.63) is 63.3 Å². The molecular formula is C18H16ClFN4O3. The normalized spacial score (nSPS) is 11.9. The number of ether oxygens (including phenoxy) is 1. The number of amides is 1. The third-order valence-electron chi connectivity index (χ3n) is 3.94. The fourth-order valence-corrected chi connectivity index (χ4v) is 2.77. The van der Waals surface area contributed by atoms with Gasteiger partial charge in [0.15, 0.2) is 0 Å². The monoisotopic (exact) mass is 390 g/mol. The number of rotatable bonds is 4. The predicted molar refractivity (Wildman–Crippen MR) is 102 cm³/mol. The quantitative estimate of drug-likeness (QED) is 0.624. The van der Waals surface area contributed by atoms with Crippen molar-refractivity contribution < 1.29 is 13.9 Å². The summed E-state index contributed by atoms with van der Waals surface area (Å²) in [6.07, 6.45) is 0.906. The summed E-state index contributed by atoms with van der Waals surface area (Å²) in [5, 5.41) is 6.21. The fraction of sp³-hybridized carbons (Fsp3) is 0.167. The van der Waals surface area contributed by atoms with Crippen molar-refractivity contribution in [3.63, 3.8) is 0 Å². The van der Waals surface area contributed by atoms with Gasteiger partial charge in [0.25, 0.3) is 5.56 Å². The molecule has 1 amide bonds. The lowest BCUT2D eigenvalue weighted by molar-refractivity contribution is 0.187. The maximum absolute atomic E-state index is 13.6. The highest BCUT2D eigenvalue weighted by atomic mass is 35.5. The Morgan fingerprint density at radius 3 is 2.85 bits per heavy atom. The van der Waals surface area contributed by atoms with Crippen LogP contribution in [-0.4, -0.2) is 23.2 Å². The lowest BCUT2D eigenvalue weighted by Gasteiger charge is -2.15. The second-order valence-electron chi connectivity index (χ2n) is 5.82. The fourth-order valence-electron chi connectivity index (χ4n) is 2.59. The average Bonchev–Trinajstić information content (AvgIpc) is 2.62. The Kier molecular flexibility index (Phi) is 5.27. The van der Waals surface area contributed by atoms with Gasteiger partial charge in [-0.1, -0.05) is 11.6 Å². The van der Waals surface area contributed by atoms with Gasteiger partial charge in [0, 0.05) is 28.9 Å². The minimum absolute atomic E-state index is 0.0237. The zero-order chi connectivity index (χ0) is 19.6. The van der Waals surface area contributed by atoms with Crippen molar-refractivity contribution in [2.24, 2.45) is 0 Å². The molecule has 1 aromatic carbocycles. The Morgan fingerprint density at radius 2 is 2.11 bits per heavy atom. The van der Waals surface area contributed by atoms with E-state index in [-0.39, 0.29) is 10.6 Å². The summed E-state index contributed by atoms with van der Waals surface area (Å²) in [7, 11) is 1.27. The van der Waals surface area contributed by atoms with Gasteiger partial charge in [-0.2, -0.15) is 0 Å². The predicted octanol–water partition coefficient (Wildman–Crippen LogP) is 4.07. The number of hydrogen-bond donors (Lipinski definition) is 3. The second-order valence-corrected chi connectivity index (χ2v) is 6.23. The zero-order valence-electron chi connectivity index (χ0n) is 14.5. The molecule has 0 saturated carbocycles. The molecule has 0 spiro atoms. The minimum Gasteiger partial charge on any atom is -0.453 e. The van der Waals surface area contributed by atoms with Gasteiger partial charge >= 0.3 is 6.09 Å². The van der Waals surface area contributed by atoms with Crippen LogP contribution in [-0.2, 0) is 4.74 Å². The van der Waals surface area contributed by atoms with Crippen LogP contribution in [0.5, 0.6) is 0 Å². The molecule has 27 heavy (non-hydrogen) atoms. The lowest BCUT2D eigenvalue weighted by Crippen LogP contribution is -2.20. The molecule has 0 bridgehead atoms. The van der Waals surface area contributed by atoms with E-state index < -0.39 is 18.0 Å². The molecule has 0 aliphatic heterocycles. The van der Waals surface area contributed by atoms with Gasteiger partial charge in [0.1, 0.15) is 11.6 Å². The summed E-state index contributed by atoms with van der Waals surface area (Å²) in [6.45, 7) is 1.78. The molecule has 0 aliphatic rings. The molecule has 2 aromatic heterocycles. The van der Waals surface area contributed by atoms with Crippen LogP contribution in [0.3, 0.4) is 0 Å². The highest BCUT2D eigenvalue weighted by molar-refractivity contribution is 6.31. The molecule has 1 atom stereocenters. The summed E-state index contributed by atoms with van der Waals surface area (Å²) in [5.74, 6) is -0.147. The van der Waals surface area contributed by atoms with Crippen molar-refractivity contribution in [3.8, 4) is 0 Å². The van der Waals surface area contributed by atoms with Gasteiger partial charge in [-0.15, -0.1) is 0 Å². The summed E-state index contributed by atoms with van der Waals surface area (Å²) in [5.41, 5.74) is 0.924. The Balaban J connectivity index is 1.88. The number of fused-ring (bicyclic) bond motifs is 1. The van der Waals surface area contributed by atoms with E-state index in [4.69, 9.17) is 11.6 Å². The van der Waals surface area contributed by atoms with Gasteiger partial charge in [0.05, 0.1) is 23.7 Å². The number of nitrogens with one attached hydrogen (secondary N) is 3. The number of hydrogen-bond acceptors (Lipinski definition) is 5. The molecule has 0 fully saturated rings.